The summed E-state index contributed by atoms with van der Waals surface area (Å²) in [6.45, 7) is 0. The molecule has 0 unspecified atom stereocenters. The summed E-state index contributed by atoms with van der Waals surface area (Å²) in [6.07, 6.45) is 12.7. The second-order valence-corrected chi connectivity index (χ2v) is 4.26. The van der Waals surface area contributed by atoms with Crippen LogP contribution < -0.4 is 0 Å². The van der Waals surface area contributed by atoms with Crippen LogP contribution in [0, 0.1) is 0 Å². The normalized spacial score (nSPS) is 10.9. The van der Waals surface area contributed by atoms with Crippen LogP contribution in [0.25, 0.3) is 0 Å². The lowest BCUT2D eigenvalue weighted by Crippen LogP contribution is -1.96. The molecule has 2 aromatic rings. The zero-order valence-electron chi connectivity index (χ0n) is 10.6. The molecule has 0 aromatic carbocycles. The summed E-state index contributed by atoms with van der Waals surface area (Å²) in [5, 5.41) is 11.2. The van der Waals surface area contributed by atoms with Crippen molar-refractivity contribution in [1.82, 2.24) is 15.0 Å². The van der Waals surface area contributed by atoms with Gasteiger partial charge in [-0.25, -0.2) is 9.97 Å². The van der Waals surface area contributed by atoms with Gasteiger partial charge in [0, 0.05) is 24.8 Å². The van der Waals surface area contributed by atoms with E-state index in [4.69, 9.17) is 5.21 Å². The molecule has 0 bridgehead atoms. The van der Waals surface area contributed by atoms with E-state index in [1.165, 1.54) is 11.8 Å². The molecular formula is C14H16N4O. The lowest BCUT2D eigenvalue weighted by Gasteiger charge is -2.02. The highest BCUT2D eigenvalue weighted by molar-refractivity contribution is 5.73. The van der Waals surface area contributed by atoms with Crippen molar-refractivity contribution in [3.8, 4) is 0 Å². The van der Waals surface area contributed by atoms with Crippen LogP contribution in [0.2, 0.25) is 0 Å². The first-order valence-electron chi connectivity index (χ1n) is 6.26. The Morgan fingerprint density at radius 3 is 2.42 bits per heavy atom. The van der Waals surface area contributed by atoms with Gasteiger partial charge in [0.05, 0.1) is 0 Å². The van der Waals surface area contributed by atoms with Gasteiger partial charge in [-0.1, -0.05) is 11.2 Å². The molecular weight excluding hydrogens is 240 g/mol. The van der Waals surface area contributed by atoms with Crippen molar-refractivity contribution in [2.45, 2.75) is 25.7 Å². The van der Waals surface area contributed by atoms with E-state index in [1.54, 1.807) is 18.6 Å². The molecule has 0 aliphatic heterocycles. The zero-order chi connectivity index (χ0) is 13.3. The van der Waals surface area contributed by atoms with Gasteiger partial charge in [0.2, 0.25) is 0 Å². The number of nitrogens with zero attached hydrogens (tertiary/aromatic N) is 4. The summed E-state index contributed by atoms with van der Waals surface area (Å²) in [6, 6.07) is 4.06. The van der Waals surface area contributed by atoms with Crippen molar-refractivity contribution in [2.24, 2.45) is 5.16 Å². The van der Waals surface area contributed by atoms with E-state index in [9.17, 15) is 0 Å². The third-order valence-electron chi connectivity index (χ3n) is 2.80. The molecule has 2 aromatic heterocycles. The number of rotatable bonds is 6. The van der Waals surface area contributed by atoms with Gasteiger partial charge in [-0.15, -0.1) is 0 Å². The Hall–Kier alpha value is -2.30. The number of unbranched alkanes of at least 4 members (excludes halogenated alkanes) is 1. The molecule has 5 heteroatoms. The maximum Gasteiger partial charge on any atom is 0.173 e. The SMILES string of the molecule is O/N=C\c1ncc(CCCCc2cccnc2)cn1. The Kier molecular flexibility index (Phi) is 4.98. The van der Waals surface area contributed by atoms with Gasteiger partial charge in [0.15, 0.2) is 5.82 Å². The average molecular weight is 256 g/mol. The summed E-state index contributed by atoms with van der Waals surface area (Å²) in [4.78, 5) is 12.2. The van der Waals surface area contributed by atoms with Crippen molar-refractivity contribution >= 4 is 6.21 Å². The lowest BCUT2D eigenvalue weighted by molar-refractivity contribution is 0.321. The zero-order valence-corrected chi connectivity index (χ0v) is 10.6. The molecule has 5 nitrogen and oxygen atoms in total. The summed E-state index contributed by atoms with van der Waals surface area (Å²) in [5.74, 6) is 0.418. The van der Waals surface area contributed by atoms with Crippen LogP contribution in [0.5, 0.6) is 0 Å². The van der Waals surface area contributed by atoms with Crippen LogP contribution in [0.4, 0.5) is 0 Å². The van der Waals surface area contributed by atoms with E-state index in [2.05, 4.69) is 26.2 Å². The third-order valence-corrected chi connectivity index (χ3v) is 2.80. The van der Waals surface area contributed by atoms with Crippen LogP contribution in [0.15, 0.2) is 42.1 Å². The van der Waals surface area contributed by atoms with Crippen molar-refractivity contribution in [3.05, 3.63) is 53.9 Å². The monoisotopic (exact) mass is 256 g/mol. The molecule has 0 spiro atoms. The highest BCUT2D eigenvalue weighted by atomic mass is 16.4. The predicted octanol–water partition coefficient (Wildman–Crippen LogP) is 2.25. The van der Waals surface area contributed by atoms with E-state index in [-0.39, 0.29) is 0 Å². The van der Waals surface area contributed by atoms with Crippen molar-refractivity contribution in [3.63, 3.8) is 0 Å². The smallest absolute Gasteiger partial charge is 0.173 e. The first kappa shape index (κ1) is 13.1. The number of aryl methyl sites for hydroxylation is 2. The minimum atomic E-state index is 0.418. The van der Waals surface area contributed by atoms with Gasteiger partial charge in [0.1, 0.15) is 6.21 Å². The van der Waals surface area contributed by atoms with Gasteiger partial charge >= 0.3 is 0 Å². The second kappa shape index (κ2) is 7.20. The van der Waals surface area contributed by atoms with Gasteiger partial charge in [-0.3, -0.25) is 4.98 Å². The Bertz CT molecular complexity index is 511. The topological polar surface area (TPSA) is 71.3 Å². The molecule has 19 heavy (non-hydrogen) atoms. The van der Waals surface area contributed by atoms with Crippen LogP contribution in [-0.2, 0) is 12.8 Å². The minimum Gasteiger partial charge on any atom is -0.411 e. The fraction of sp³-hybridized carbons (Fsp3) is 0.286. The van der Waals surface area contributed by atoms with E-state index in [0.29, 0.717) is 5.82 Å². The molecule has 0 aliphatic rings. The predicted molar refractivity (Wildman–Crippen MR) is 72.3 cm³/mol. The van der Waals surface area contributed by atoms with E-state index in [0.717, 1.165) is 31.2 Å². The average Bonchev–Trinajstić information content (AvgIpc) is 2.47. The second-order valence-electron chi connectivity index (χ2n) is 4.26. The number of aromatic nitrogens is 3. The molecule has 2 heterocycles. The van der Waals surface area contributed by atoms with Crippen LogP contribution >= 0.6 is 0 Å². The number of oxime groups is 1. The molecule has 0 atom stereocenters. The molecule has 98 valence electrons. The van der Waals surface area contributed by atoms with Gasteiger partial charge in [-0.05, 0) is 42.9 Å². The molecule has 1 N–H and O–H groups in total. The van der Waals surface area contributed by atoms with Crippen molar-refractivity contribution < 1.29 is 5.21 Å². The largest absolute Gasteiger partial charge is 0.411 e. The molecule has 0 radical (unpaired) electrons. The molecule has 0 aliphatic carbocycles. The molecule has 2 rings (SSSR count). The number of hydrogen-bond acceptors (Lipinski definition) is 5. The highest BCUT2D eigenvalue weighted by Gasteiger charge is 1.97. The van der Waals surface area contributed by atoms with Gasteiger partial charge in [0.25, 0.3) is 0 Å². The van der Waals surface area contributed by atoms with Crippen LogP contribution in [0.1, 0.15) is 29.8 Å². The van der Waals surface area contributed by atoms with Crippen molar-refractivity contribution in [1.29, 1.82) is 0 Å². The maximum atomic E-state index is 8.35. The van der Waals surface area contributed by atoms with Gasteiger partial charge < -0.3 is 5.21 Å². The summed E-state index contributed by atoms with van der Waals surface area (Å²) in [5.41, 5.74) is 2.37. The van der Waals surface area contributed by atoms with Crippen LogP contribution in [0.3, 0.4) is 0 Å². The fourth-order valence-corrected chi connectivity index (χ4v) is 1.82. The molecule has 0 fully saturated rings. The van der Waals surface area contributed by atoms with Crippen molar-refractivity contribution in [2.75, 3.05) is 0 Å². The van der Waals surface area contributed by atoms with E-state index >= 15 is 0 Å². The maximum absolute atomic E-state index is 8.35. The summed E-state index contributed by atoms with van der Waals surface area (Å²) < 4.78 is 0. The van der Waals surface area contributed by atoms with Crippen LogP contribution in [-0.4, -0.2) is 26.4 Å². The Morgan fingerprint density at radius 1 is 1.05 bits per heavy atom. The number of hydrogen-bond donors (Lipinski definition) is 1. The Balaban J connectivity index is 1.73. The first-order valence-corrected chi connectivity index (χ1v) is 6.26. The quantitative estimate of drug-likeness (QED) is 0.372. The molecule has 0 amide bonds. The standard InChI is InChI=1S/C14H16N4O/c19-18-11-14-16-9-13(10-17-14)5-2-1-4-12-6-3-7-15-8-12/h3,6-11,19H,1-2,4-5H2/b18-11-. The fourth-order valence-electron chi connectivity index (χ4n) is 1.82. The minimum absolute atomic E-state index is 0.418. The first-order chi connectivity index (χ1) is 9.38. The lowest BCUT2D eigenvalue weighted by atomic mass is 10.1. The van der Waals surface area contributed by atoms with E-state index < -0.39 is 0 Å². The Labute approximate surface area is 112 Å². The highest BCUT2D eigenvalue weighted by Crippen LogP contribution is 2.07. The molecule has 0 saturated heterocycles. The van der Waals surface area contributed by atoms with E-state index in [1.807, 2.05) is 12.3 Å². The summed E-state index contributed by atoms with van der Waals surface area (Å²) >= 11 is 0. The number of pyridine rings is 1. The third kappa shape index (κ3) is 4.46. The molecule has 0 saturated carbocycles. The van der Waals surface area contributed by atoms with Gasteiger partial charge in [-0.2, -0.15) is 0 Å². The summed E-state index contributed by atoms with van der Waals surface area (Å²) in [7, 11) is 0. The Morgan fingerprint density at radius 2 is 1.79 bits per heavy atom.